The maximum atomic E-state index is 12.2. The molecule has 4 aliphatic carbocycles. The van der Waals surface area contributed by atoms with Gasteiger partial charge in [0.2, 0.25) is 0 Å². The van der Waals surface area contributed by atoms with Crippen molar-refractivity contribution in [2.24, 2.45) is 22.7 Å². The molecule has 0 spiro atoms. The van der Waals surface area contributed by atoms with E-state index in [-0.39, 0.29) is 29.6 Å². The molecule has 0 aromatic carbocycles. The Bertz CT molecular complexity index is 822. The van der Waals surface area contributed by atoms with Gasteiger partial charge in [-0.1, -0.05) is 37.1 Å². The van der Waals surface area contributed by atoms with Gasteiger partial charge in [-0.05, 0) is 75.0 Å². The van der Waals surface area contributed by atoms with Crippen LogP contribution in [0.2, 0.25) is 0 Å². The van der Waals surface area contributed by atoms with Crippen LogP contribution in [0.25, 0.3) is 0 Å². The standard InChI is InChI=1S/C28H45NO5/c1-26-10-7-20(31)14-19(26)5-6-23-24(26)8-11-27(2)25(23)9-12-28(27,33)18-29(15-21(32)17-30)16-22-4-3-13-34-22/h5-6,20-22,24-25,30-33H,3-4,7-18H2,1-2H3/t20-,21-,22+,24-,25-,26-,27-,28+/m0/s1. The summed E-state index contributed by atoms with van der Waals surface area (Å²) in [5.74, 6) is 0.879. The van der Waals surface area contributed by atoms with Gasteiger partial charge >= 0.3 is 0 Å². The van der Waals surface area contributed by atoms with Gasteiger partial charge in [0, 0.05) is 31.7 Å². The molecule has 1 aliphatic heterocycles. The topological polar surface area (TPSA) is 93.4 Å². The summed E-state index contributed by atoms with van der Waals surface area (Å²) in [5.41, 5.74) is 2.04. The molecule has 0 amide bonds. The molecule has 5 aliphatic rings. The summed E-state index contributed by atoms with van der Waals surface area (Å²) in [4.78, 5) is 2.15. The highest BCUT2D eigenvalue weighted by Gasteiger charge is 2.62. The summed E-state index contributed by atoms with van der Waals surface area (Å²) in [7, 11) is 0. The lowest BCUT2D eigenvalue weighted by Crippen LogP contribution is -2.57. The molecule has 0 radical (unpaired) electrons. The lowest BCUT2D eigenvalue weighted by molar-refractivity contribution is -0.110. The first-order valence-corrected chi connectivity index (χ1v) is 13.6. The van der Waals surface area contributed by atoms with Crippen LogP contribution in [0, 0.1) is 22.7 Å². The van der Waals surface area contributed by atoms with Crippen LogP contribution in [0.4, 0.5) is 0 Å². The summed E-state index contributed by atoms with van der Waals surface area (Å²) >= 11 is 0. The van der Waals surface area contributed by atoms with Crippen molar-refractivity contribution in [3.63, 3.8) is 0 Å². The van der Waals surface area contributed by atoms with E-state index in [2.05, 4.69) is 30.9 Å². The number of rotatable bonds is 7. The summed E-state index contributed by atoms with van der Waals surface area (Å²) in [6.07, 6.45) is 12.4. The van der Waals surface area contributed by atoms with Crippen LogP contribution in [-0.4, -0.2) is 82.1 Å². The Hall–Kier alpha value is -0.760. The minimum absolute atomic E-state index is 0.140. The quantitative estimate of drug-likeness (QED) is 0.453. The van der Waals surface area contributed by atoms with Crippen molar-refractivity contribution < 1.29 is 25.2 Å². The second kappa shape index (κ2) is 9.28. The number of ether oxygens (including phenoxy) is 1. The second-order valence-corrected chi connectivity index (χ2v) is 12.5. The molecule has 0 aromatic heterocycles. The molecule has 34 heavy (non-hydrogen) atoms. The van der Waals surface area contributed by atoms with Crippen LogP contribution in [0.3, 0.4) is 0 Å². The molecule has 192 valence electrons. The van der Waals surface area contributed by atoms with E-state index in [1.807, 2.05) is 0 Å². The molecule has 0 bridgehead atoms. The number of hydrogen-bond acceptors (Lipinski definition) is 6. The number of hydrogen-bond donors (Lipinski definition) is 4. The van der Waals surface area contributed by atoms with Gasteiger partial charge in [-0.15, -0.1) is 0 Å². The van der Waals surface area contributed by atoms with Crippen LogP contribution < -0.4 is 0 Å². The summed E-state index contributed by atoms with van der Waals surface area (Å²) < 4.78 is 5.87. The zero-order valence-electron chi connectivity index (χ0n) is 21.1. The average molecular weight is 476 g/mol. The number of aliphatic hydroxyl groups excluding tert-OH is 3. The van der Waals surface area contributed by atoms with Crippen molar-refractivity contribution in [1.29, 1.82) is 0 Å². The third kappa shape index (κ3) is 4.12. The van der Waals surface area contributed by atoms with Gasteiger partial charge < -0.3 is 25.2 Å². The van der Waals surface area contributed by atoms with Gasteiger partial charge in [-0.25, -0.2) is 0 Å². The molecule has 5 rings (SSSR count). The zero-order chi connectivity index (χ0) is 24.1. The predicted octanol–water partition coefficient (Wildman–Crippen LogP) is 2.80. The molecule has 8 atom stereocenters. The van der Waals surface area contributed by atoms with Crippen LogP contribution in [0.15, 0.2) is 23.3 Å². The van der Waals surface area contributed by atoms with E-state index in [4.69, 9.17) is 4.74 Å². The number of fused-ring (bicyclic) bond motifs is 5. The van der Waals surface area contributed by atoms with Crippen molar-refractivity contribution in [2.45, 2.75) is 95.5 Å². The third-order valence-electron chi connectivity index (χ3n) is 10.5. The van der Waals surface area contributed by atoms with E-state index < -0.39 is 11.7 Å². The van der Waals surface area contributed by atoms with Gasteiger partial charge in [-0.2, -0.15) is 0 Å². The molecule has 0 unspecified atom stereocenters. The first-order chi connectivity index (χ1) is 16.2. The first kappa shape index (κ1) is 24.9. The smallest absolute Gasteiger partial charge is 0.0897 e. The molecule has 1 heterocycles. The first-order valence-electron chi connectivity index (χ1n) is 13.6. The minimum atomic E-state index is -0.828. The monoisotopic (exact) mass is 475 g/mol. The normalized spacial score (nSPS) is 44.8. The van der Waals surface area contributed by atoms with E-state index in [0.717, 1.165) is 64.4 Å². The van der Waals surface area contributed by atoms with Gasteiger partial charge in [0.1, 0.15) is 0 Å². The maximum Gasteiger partial charge on any atom is 0.0897 e. The lowest BCUT2D eigenvalue weighted by atomic mass is 9.50. The van der Waals surface area contributed by atoms with Gasteiger partial charge in [0.25, 0.3) is 0 Å². The van der Waals surface area contributed by atoms with E-state index in [9.17, 15) is 20.4 Å². The van der Waals surface area contributed by atoms with E-state index >= 15 is 0 Å². The highest BCUT2D eigenvalue weighted by atomic mass is 16.5. The molecule has 0 aromatic rings. The zero-order valence-corrected chi connectivity index (χ0v) is 21.1. The van der Waals surface area contributed by atoms with Crippen LogP contribution in [0.5, 0.6) is 0 Å². The fourth-order valence-electron chi connectivity index (χ4n) is 8.36. The summed E-state index contributed by atoms with van der Waals surface area (Å²) in [6.45, 7) is 6.78. The van der Waals surface area contributed by atoms with Crippen molar-refractivity contribution in [3.8, 4) is 0 Å². The van der Waals surface area contributed by atoms with E-state index in [1.165, 1.54) is 11.1 Å². The van der Waals surface area contributed by atoms with Crippen molar-refractivity contribution in [3.05, 3.63) is 23.3 Å². The molecule has 1 saturated heterocycles. The number of aliphatic hydroxyl groups is 4. The molecular weight excluding hydrogens is 430 g/mol. The Morgan fingerprint density at radius 1 is 1.09 bits per heavy atom. The Labute approximate surface area is 204 Å². The molecule has 4 N–H and O–H groups in total. The predicted molar refractivity (Wildman–Crippen MR) is 131 cm³/mol. The largest absolute Gasteiger partial charge is 0.394 e. The van der Waals surface area contributed by atoms with Crippen molar-refractivity contribution in [1.82, 2.24) is 4.90 Å². The Morgan fingerprint density at radius 2 is 1.88 bits per heavy atom. The SMILES string of the molecule is C[C@]12CC[C@H](O)CC1=CC=C1[C@@H]2CC[C@@]2(C)[C@H]1CC[C@@]2(O)CN(C[C@H](O)CO)C[C@H]1CCCO1. The fraction of sp³-hybridized carbons (Fsp3) is 0.857. The van der Waals surface area contributed by atoms with Gasteiger partial charge in [0.05, 0.1) is 30.5 Å². The Kier molecular flexibility index (Phi) is 6.80. The average Bonchev–Trinajstić information content (AvgIpc) is 3.40. The highest BCUT2D eigenvalue weighted by Crippen LogP contribution is 2.66. The summed E-state index contributed by atoms with van der Waals surface area (Å²) in [5, 5.41) is 42.1. The number of allylic oxidation sites excluding steroid dienone is 3. The minimum Gasteiger partial charge on any atom is -0.394 e. The number of nitrogens with zero attached hydrogens (tertiary/aromatic N) is 1. The second-order valence-electron chi connectivity index (χ2n) is 12.5. The molecular formula is C28H45NO5. The lowest BCUT2D eigenvalue weighted by Gasteiger charge is -2.56. The van der Waals surface area contributed by atoms with Gasteiger partial charge in [0.15, 0.2) is 0 Å². The van der Waals surface area contributed by atoms with Crippen LogP contribution in [-0.2, 0) is 4.74 Å². The fourth-order valence-corrected chi connectivity index (χ4v) is 8.36. The highest BCUT2D eigenvalue weighted by molar-refractivity contribution is 5.39. The molecule has 3 saturated carbocycles. The van der Waals surface area contributed by atoms with Crippen molar-refractivity contribution in [2.75, 3.05) is 32.8 Å². The van der Waals surface area contributed by atoms with Crippen LogP contribution >= 0.6 is 0 Å². The van der Waals surface area contributed by atoms with Gasteiger partial charge in [-0.3, -0.25) is 4.90 Å². The summed E-state index contributed by atoms with van der Waals surface area (Å²) in [6, 6.07) is 0. The van der Waals surface area contributed by atoms with Crippen LogP contribution in [0.1, 0.15) is 71.6 Å². The maximum absolute atomic E-state index is 12.2. The van der Waals surface area contributed by atoms with E-state index in [1.54, 1.807) is 0 Å². The Balaban J connectivity index is 1.38. The third-order valence-corrected chi connectivity index (χ3v) is 10.5. The Morgan fingerprint density at radius 3 is 2.62 bits per heavy atom. The molecule has 6 nitrogen and oxygen atoms in total. The van der Waals surface area contributed by atoms with E-state index in [0.29, 0.717) is 31.5 Å². The molecule has 6 heteroatoms. The molecule has 4 fully saturated rings. The van der Waals surface area contributed by atoms with Crippen molar-refractivity contribution >= 4 is 0 Å².